The molecule has 0 bridgehead atoms. The normalized spacial score (nSPS) is 11.4. The van der Waals surface area contributed by atoms with Gasteiger partial charge in [0, 0.05) is 12.8 Å². The van der Waals surface area contributed by atoms with Gasteiger partial charge in [0.05, 0.1) is 0 Å². The van der Waals surface area contributed by atoms with Gasteiger partial charge in [-0.05, 0) is 0 Å². The van der Waals surface area contributed by atoms with Crippen LogP contribution in [0, 0.1) is 0 Å². The first-order valence-electron chi connectivity index (χ1n) is 2.15. The Kier molecular flexibility index (Phi) is 2.60. The molecule has 0 saturated heterocycles. The highest BCUT2D eigenvalue weighted by Gasteiger charge is 2.18. The molecule has 0 fully saturated rings. The first-order chi connectivity index (χ1) is 3.56. The minimum absolute atomic E-state index is 0.115. The van der Waals surface area contributed by atoms with Gasteiger partial charge in [0.1, 0.15) is 6.29 Å². The van der Waals surface area contributed by atoms with Crippen LogP contribution in [0.3, 0.4) is 0 Å². The van der Waals surface area contributed by atoms with Gasteiger partial charge >= 0.3 is 5.97 Å². The van der Waals surface area contributed by atoms with Crippen LogP contribution >= 0.6 is 0 Å². The molecule has 0 amide bonds. The molecule has 0 heterocycles. The van der Waals surface area contributed by atoms with E-state index >= 15 is 0 Å². The Labute approximate surface area is 46.4 Å². The highest BCUT2D eigenvalue weighted by molar-refractivity contribution is 5.49. The Morgan fingerprint density at radius 3 is 2.12 bits per heavy atom. The van der Waals surface area contributed by atoms with Crippen LogP contribution in [0.1, 0.15) is 12.8 Å². The lowest BCUT2D eigenvalue weighted by Crippen LogP contribution is -2.24. The molecule has 0 aromatic rings. The molecular weight excluding hydrogens is 112 g/mol. The summed E-state index contributed by atoms with van der Waals surface area (Å²) in [4.78, 5) is 9.49. The maximum absolute atomic E-state index is 9.81. The van der Waals surface area contributed by atoms with Crippen molar-refractivity contribution in [3.05, 3.63) is 0 Å². The van der Waals surface area contributed by atoms with Gasteiger partial charge in [-0.1, -0.05) is 0 Å². The van der Waals surface area contributed by atoms with Gasteiger partial charge in [-0.2, -0.15) is 5.11 Å². The third-order valence-electron chi connectivity index (χ3n) is 0.588. The molecule has 0 spiro atoms. The second-order valence-corrected chi connectivity index (χ2v) is 1.45. The zero-order chi connectivity index (χ0) is 6.62. The van der Waals surface area contributed by atoms with Gasteiger partial charge in [0.15, 0.2) is 0 Å². The van der Waals surface area contributed by atoms with Crippen molar-refractivity contribution in [3.8, 4) is 0 Å². The van der Waals surface area contributed by atoms with Crippen LogP contribution in [0.25, 0.3) is 0 Å². The summed E-state index contributed by atoms with van der Waals surface area (Å²) in [6.07, 6.45) is -0.105. The molecule has 1 radical (unpaired) electrons. The van der Waals surface area contributed by atoms with Gasteiger partial charge in [-0.3, -0.25) is 0 Å². The average molecular weight is 119 g/mol. The van der Waals surface area contributed by atoms with Crippen molar-refractivity contribution < 1.29 is 20.1 Å². The summed E-state index contributed by atoms with van der Waals surface area (Å²) in [6.45, 7) is 0. The molecule has 47 valence electrons. The second-order valence-electron chi connectivity index (χ2n) is 1.45. The lowest BCUT2D eigenvalue weighted by Gasteiger charge is -2.06. The lowest BCUT2D eigenvalue weighted by atomic mass is 10.3. The molecule has 0 atom stereocenters. The van der Waals surface area contributed by atoms with E-state index in [1.165, 1.54) is 0 Å². The van der Waals surface area contributed by atoms with Crippen molar-refractivity contribution in [2.45, 2.75) is 18.8 Å². The van der Waals surface area contributed by atoms with E-state index < -0.39 is 12.4 Å². The van der Waals surface area contributed by atoms with Crippen LogP contribution < -0.4 is 0 Å². The molecule has 0 aliphatic rings. The Morgan fingerprint density at radius 1 is 1.50 bits per heavy atom. The molecule has 0 rings (SSSR count). The van der Waals surface area contributed by atoms with E-state index in [1.54, 1.807) is 0 Å². The standard InChI is InChI=1S/C4H7O4/c5-3-1-2-4(6,7)8/h3,6-7H,1-2H2. The number of hydrogen-bond donors (Lipinski definition) is 2. The van der Waals surface area contributed by atoms with Crippen LogP contribution in [-0.4, -0.2) is 22.5 Å². The summed E-state index contributed by atoms with van der Waals surface area (Å²) < 4.78 is 0. The van der Waals surface area contributed by atoms with Gasteiger partial charge in [0.25, 0.3) is 0 Å². The molecule has 4 nitrogen and oxygen atoms in total. The number of aliphatic hydroxyl groups is 2. The van der Waals surface area contributed by atoms with E-state index in [9.17, 15) is 9.90 Å². The molecule has 0 aromatic heterocycles. The zero-order valence-electron chi connectivity index (χ0n) is 4.20. The van der Waals surface area contributed by atoms with Gasteiger partial charge < -0.3 is 15.0 Å². The van der Waals surface area contributed by atoms with Crippen molar-refractivity contribution in [1.29, 1.82) is 0 Å². The van der Waals surface area contributed by atoms with Gasteiger partial charge in [-0.15, -0.1) is 0 Å². The van der Waals surface area contributed by atoms with Gasteiger partial charge in [-0.25, -0.2) is 0 Å². The summed E-state index contributed by atoms with van der Waals surface area (Å²) in [7, 11) is 0. The highest BCUT2D eigenvalue weighted by atomic mass is 16.7. The number of aldehydes is 1. The molecule has 0 aliphatic carbocycles. The summed E-state index contributed by atoms with van der Waals surface area (Å²) in [5, 5.41) is 25.8. The molecule has 8 heavy (non-hydrogen) atoms. The third-order valence-corrected chi connectivity index (χ3v) is 0.588. The predicted octanol–water partition coefficient (Wildman–Crippen LogP) is -0.966. The molecular formula is C4H7O4. The summed E-state index contributed by atoms with van der Waals surface area (Å²) in [5.41, 5.74) is 0. The Morgan fingerprint density at radius 2 is 2.00 bits per heavy atom. The summed E-state index contributed by atoms with van der Waals surface area (Å²) in [6, 6.07) is 0. The maximum atomic E-state index is 9.81. The van der Waals surface area contributed by atoms with Crippen LogP contribution in [0.5, 0.6) is 0 Å². The highest BCUT2D eigenvalue weighted by Crippen LogP contribution is 2.01. The Hall–Kier alpha value is -0.450. The minimum Gasteiger partial charge on any atom is -0.342 e. The van der Waals surface area contributed by atoms with Crippen molar-refractivity contribution in [3.63, 3.8) is 0 Å². The van der Waals surface area contributed by atoms with E-state index in [0.29, 0.717) is 6.29 Å². The molecule has 0 aromatic carbocycles. The quantitative estimate of drug-likeness (QED) is 0.371. The van der Waals surface area contributed by atoms with E-state index in [4.69, 9.17) is 10.2 Å². The average Bonchev–Trinajstić information content (AvgIpc) is 1.59. The van der Waals surface area contributed by atoms with E-state index in [-0.39, 0.29) is 6.42 Å². The van der Waals surface area contributed by atoms with E-state index in [2.05, 4.69) is 0 Å². The zero-order valence-corrected chi connectivity index (χ0v) is 4.20. The monoisotopic (exact) mass is 119 g/mol. The maximum Gasteiger partial charge on any atom is 0.307 e. The van der Waals surface area contributed by atoms with Crippen molar-refractivity contribution >= 4 is 6.29 Å². The fourth-order valence-corrected chi connectivity index (χ4v) is 0.247. The Balaban J connectivity index is 3.24. The topological polar surface area (TPSA) is 77.4 Å². The first kappa shape index (κ1) is 7.55. The summed E-state index contributed by atoms with van der Waals surface area (Å²) >= 11 is 0. The van der Waals surface area contributed by atoms with Crippen LogP contribution in [0.15, 0.2) is 0 Å². The molecule has 4 heteroatoms. The third kappa shape index (κ3) is 5.55. The van der Waals surface area contributed by atoms with E-state index in [1.807, 2.05) is 0 Å². The Bertz CT molecular complexity index is 72.6. The molecule has 0 unspecified atom stereocenters. The largest absolute Gasteiger partial charge is 0.342 e. The number of rotatable bonds is 3. The van der Waals surface area contributed by atoms with E-state index in [0.717, 1.165) is 0 Å². The second kappa shape index (κ2) is 2.76. The number of carbonyl (C=O) groups is 1. The SMILES string of the molecule is [O]C(O)(O)CCC=O. The smallest absolute Gasteiger partial charge is 0.307 e. The fraction of sp³-hybridized carbons (Fsp3) is 0.750. The van der Waals surface area contributed by atoms with Gasteiger partial charge in [0.2, 0.25) is 0 Å². The van der Waals surface area contributed by atoms with Crippen LogP contribution in [0.4, 0.5) is 0 Å². The minimum atomic E-state index is -2.93. The van der Waals surface area contributed by atoms with Crippen LogP contribution in [0.2, 0.25) is 0 Å². The van der Waals surface area contributed by atoms with Crippen LogP contribution in [-0.2, 0) is 9.90 Å². The molecule has 0 saturated carbocycles. The fourth-order valence-electron chi connectivity index (χ4n) is 0.247. The predicted molar refractivity (Wildman–Crippen MR) is 23.2 cm³/mol. The van der Waals surface area contributed by atoms with Crippen molar-refractivity contribution in [2.24, 2.45) is 0 Å². The van der Waals surface area contributed by atoms with Crippen molar-refractivity contribution in [2.75, 3.05) is 0 Å². The summed E-state index contributed by atoms with van der Waals surface area (Å²) in [5.74, 6) is -2.93. The molecule has 2 N–H and O–H groups in total. The lowest BCUT2D eigenvalue weighted by molar-refractivity contribution is -0.346. The first-order valence-corrected chi connectivity index (χ1v) is 2.15. The number of carbonyl (C=O) groups excluding carboxylic acids is 1. The molecule has 0 aliphatic heterocycles. The van der Waals surface area contributed by atoms with Crippen molar-refractivity contribution in [1.82, 2.24) is 0 Å². The number of hydrogen-bond acceptors (Lipinski definition) is 3.